The summed E-state index contributed by atoms with van der Waals surface area (Å²) in [5.74, 6) is -0.823. The van der Waals surface area contributed by atoms with Crippen molar-refractivity contribution in [1.29, 1.82) is 0 Å². The molecule has 2 heterocycles. The second kappa shape index (κ2) is 9.08. The number of Topliss-reactive ketones (excluding diaryl/α,β-unsaturated/α-hetero) is 1. The Balaban J connectivity index is 1.39. The lowest BCUT2D eigenvalue weighted by molar-refractivity contribution is -0.121. The van der Waals surface area contributed by atoms with Crippen molar-refractivity contribution in [2.75, 3.05) is 18.0 Å². The minimum atomic E-state index is -0.579. The second-order valence-corrected chi connectivity index (χ2v) is 10.4. The van der Waals surface area contributed by atoms with Crippen LogP contribution in [-0.2, 0) is 9.53 Å². The predicted octanol–water partition coefficient (Wildman–Crippen LogP) is 4.88. The van der Waals surface area contributed by atoms with Gasteiger partial charge in [0.25, 0.3) is 5.91 Å². The average Bonchev–Trinajstić information content (AvgIpc) is 3.45. The van der Waals surface area contributed by atoms with E-state index in [-0.39, 0.29) is 36.6 Å². The van der Waals surface area contributed by atoms with Gasteiger partial charge in [-0.25, -0.2) is 9.18 Å². The summed E-state index contributed by atoms with van der Waals surface area (Å²) in [5.41, 5.74) is 0.884. The molecule has 9 heteroatoms. The maximum absolute atomic E-state index is 14.9. The molecular weight excluding hydrogens is 487 g/mol. The van der Waals surface area contributed by atoms with Gasteiger partial charge in [-0.2, -0.15) is 0 Å². The molecule has 0 radical (unpaired) electrons. The maximum Gasteiger partial charge on any atom is 0.414 e. The van der Waals surface area contributed by atoms with E-state index in [0.717, 1.165) is 16.6 Å². The molecule has 0 spiro atoms. The van der Waals surface area contributed by atoms with Gasteiger partial charge in [0.15, 0.2) is 0 Å². The minimum Gasteiger partial charge on any atom is -0.442 e. The highest BCUT2D eigenvalue weighted by Crippen LogP contribution is 2.37. The van der Waals surface area contributed by atoms with Gasteiger partial charge in [0, 0.05) is 12.3 Å². The van der Waals surface area contributed by atoms with Gasteiger partial charge < -0.3 is 10.1 Å². The van der Waals surface area contributed by atoms with E-state index in [1.807, 2.05) is 6.92 Å². The lowest BCUT2D eigenvalue weighted by Gasteiger charge is -2.20. The number of benzene rings is 1. The first kappa shape index (κ1) is 22.0. The summed E-state index contributed by atoms with van der Waals surface area (Å²) in [6.07, 6.45) is 1.10. The van der Waals surface area contributed by atoms with Gasteiger partial charge in [-0.05, 0) is 64.5 Å². The largest absolute Gasteiger partial charge is 0.442 e. The smallest absolute Gasteiger partial charge is 0.414 e. The molecule has 164 valence electrons. The van der Waals surface area contributed by atoms with Crippen LogP contribution in [-0.4, -0.2) is 37.0 Å². The fourth-order valence-corrected chi connectivity index (χ4v) is 5.51. The van der Waals surface area contributed by atoms with Crippen molar-refractivity contribution in [2.24, 2.45) is 5.92 Å². The average molecular weight is 509 g/mol. The van der Waals surface area contributed by atoms with E-state index in [0.29, 0.717) is 22.5 Å². The highest BCUT2D eigenvalue weighted by Gasteiger charge is 2.35. The number of ether oxygens (including phenoxy) is 1. The monoisotopic (exact) mass is 508 g/mol. The second-order valence-electron chi connectivity index (χ2n) is 7.89. The topological polar surface area (TPSA) is 75.7 Å². The Bertz CT molecular complexity index is 1030. The molecular formula is C22H22BrFN2O4S. The first-order chi connectivity index (χ1) is 14.8. The predicted molar refractivity (Wildman–Crippen MR) is 119 cm³/mol. The molecule has 1 aliphatic carbocycles. The molecule has 2 fully saturated rings. The van der Waals surface area contributed by atoms with Crippen LogP contribution in [0, 0.1) is 11.7 Å². The van der Waals surface area contributed by atoms with Crippen LogP contribution < -0.4 is 10.2 Å². The van der Waals surface area contributed by atoms with Crippen molar-refractivity contribution in [3.63, 3.8) is 0 Å². The van der Waals surface area contributed by atoms with Crippen molar-refractivity contribution in [3.8, 4) is 0 Å². The molecule has 2 amide bonds. The number of hydrogen-bond donors (Lipinski definition) is 1. The van der Waals surface area contributed by atoms with Gasteiger partial charge >= 0.3 is 6.09 Å². The zero-order valence-corrected chi connectivity index (χ0v) is 19.3. The first-order valence-electron chi connectivity index (χ1n) is 10.2. The van der Waals surface area contributed by atoms with E-state index in [1.54, 1.807) is 24.3 Å². The fourth-order valence-electron chi connectivity index (χ4n) is 4.21. The van der Waals surface area contributed by atoms with E-state index in [4.69, 9.17) is 4.74 Å². The molecule has 1 aromatic carbocycles. The molecule has 4 rings (SSSR count). The molecule has 2 aliphatic rings. The van der Waals surface area contributed by atoms with E-state index < -0.39 is 18.0 Å². The normalized spacial score (nSPS) is 22.0. The van der Waals surface area contributed by atoms with Gasteiger partial charge in [-0.1, -0.05) is 13.0 Å². The standard InChI is InChI=1S/C22H22BrFN2O4S/c1-12(16-3-2-4-18(16)27)15-6-5-13(9-17(15)24)26-11-14(30-22(26)29)10-25-21(28)19-7-8-20(23)31-19/h5-9,12,14,16H,2-4,10-11H2,1H3,(H,25,28)/t12?,14-,16?/m0/s1. The van der Waals surface area contributed by atoms with Crippen LogP contribution in [0.2, 0.25) is 0 Å². The Labute approximate surface area is 191 Å². The summed E-state index contributed by atoms with van der Waals surface area (Å²) in [6.45, 7) is 2.25. The summed E-state index contributed by atoms with van der Waals surface area (Å²) in [4.78, 5) is 38.4. The van der Waals surface area contributed by atoms with Gasteiger partial charge in [-0.15, -0.1) is 11.3 Å². The summed E-state index contributed by atoms with van der Waals surface area (Å²) in [6, 6.07) is 8.15. The Kier molecular flexibility index (Phi) is 6.43. The SMILES string of the molecule is CC(c1ccc(N2C[C@H](CNC(=O)c3ccc(Br)s3)OC2=O)cc1F)C1CCCC1=O. The number of cyclic esters (lactones) is 1. The summed E-state index contributed by atoms with van der Waals surface area (Å²) in [5, 5.41) is 2.76. The van der Waals surface area contributed by atoms with Crippen LogP contribution in [0.25, 0.3) is 0 Å². The molecule has 2 aromatic rings. The summed E-state index contributed by atoms with van der Waals surface area (Å²) >= 11 is 4.63. The quantitative estimate of drug-likeness (QED) is 0.603. The van der Waals surface area contributed by atoms with Crippen LogP contribution in [0.15, 0.2) is 34.1 Å². The molecule has 1 saturated carbocycles. The molecule has 31 heavy (non-hydrogen) atoms. The maximum atomic E-state index is 14.9. The van der Waals surface area contributed by atoms with Crippen LogP contribution in [0.4, 0.5) is 14.9 Å². The Morgan fingerprint density at radius 2 is 2.16 bits per heavy atom. The third-order valence-electron chi connectivity index (χ3n) is 5.90. The summed E-state index contributed by atoms with van der Waals surface area (Å²) < 4.78 is 21.0. The number of amides is 2. The van der Waals surface area contributed by atoms with Crippen LogP contribution in [0.1, 0.15) is 47.3 Å². The molecule has 3 atom stereocenters. The number of rotatable bonds is 6. The molecule has 1 N–H and O–H groups in total. The third-order valence-corrected chi connectivity index (χ3v) is 7.53. The number of ketones is 1. The number of nitrogens with one attached hydrogen (secondary N) is 1. The Morgan fingerprint density at radius 3 is 2.81 bits per heavy atom. The van der Waals surface area contributed by atoms with Gasteiger partial charge in [-0.3, -0.25) is 14.5 Å². The number of carbonyl (C=O) groups is 3. The number of carbonyl (C=O) groups excluding carboxylic acids is 3. The molecule has 0 bridgehead atoms. The number of nitrogens with zero attached hydrogens (tertiary/aromatic N) is 1. The number of anilines is 1. The molecule has 1 aromatic heterocycles. The van der Waals surface area contributed by atoms with E-state index in [9.17, 15) is 18.8 Å². The number of hydrogen-bond acceptors (Lipinski definition) is 5. The van der Waals surface area contributed by atoms with E-state index >= 15 is 0 Å². The molecule has 1 saturated heterocycles. The first-order valence-corrected chi connectivity index (χ1v) is 11.8. The van der Waals surface area contributed by atoms with Crippen molar-refractivity contribution >= 4 is 50.7 Å². The van der Waals surface area contributed by atoms with Gasteiger partial charge in [0.2, 0.25) is 0 Å². The van der Waals surface area contributed by atoms with Gasteiger partial charge in [0.1, 0.15) is 17.7 Å². The molecule has 2 unspecified atom stereocenters. The lowest BCUT2D eigenvalue weighted by atomic mass is 9.85. The highest BCUT2D eigenvalue weighted by molar-refractivity contribution is 9.11. The van der Waals surface area contributed by atoms with E-state index in [1.165, 1.54) is 22.3 Å². The van der Waals surface area contributed by atoms with Gasteiger partial charge in [0.05, 0.1) is 27.4 Å². The molecule has 1 aliphatic heterocycles. The van der Waals surface area contributed by atoms with Crippen LogP contribution in [0.5, 0.6) is 0 Å². The van der Waals surface area contributed by atoms with Crippen LogP contribution >= 0.6 is 27.3 Å². The Hall–Kier alpha value is -2.26. The van der Waals surface area contributed by atoms with Crippen molar-refractivity contribution in [3.05, 3.63) is 50.4 Å². The zero-order chi connectivity index (χ0) is 22.1. The lowest BCUT2D eigenvalue weighted by Crippen LogP contribution is -2.34. The fraction of sp³-hybridized carbons (Fsp3) is 0.409. The number of thiophene rings is 1. The highest BCUT2D eigenvalue weighted by atomic mass is 79.9. The van der Waals surface area contributed by atoms with E-state index in [2.05, 4.69) is 21.2 Å². The minimum absolute atomic E-state index is 0.144. The van der Waals surface area contributed by atoms with Crippen molar-refractivity contribution in [1.82, 2.24) is 5.32 Å². The number of halogens is 2. The third kappa shape index (κ3) is 4.67. The Morgan fingerprint density at radius 1 is 1.35 bits per heavy atom. The molecule has 6 nitrogen and oxygen atoms in total. The summed E-state index contributed by atoms with van der Waals surface area (Å²) in [7, 11) is 0. The zero-order valence-electron chi connectivity index (χ0n) is 16.9. The van der Waals surface area contributed by atoms with Crippen molar-refractivity contribution in [2.45, 2.75) is 38.2 Å². The van der Waals surface area contributed by atoms with Crippen molar-refractivity contribution < 1.29 is 23.5 Å². The van der Waals surface area contributed by atoms with Crippen LogP contribution in [0.3, 0.4) is 0 Å².